The second-order valence-electron chi connectivity index (χ2n) is 4.65. The van der Waals surface area contributed by atoms with Crippen LogP contribution >= 0.6 is 0 Å². The van der Waals surface area contributed by atoms with Crippen LogP contribution in [0.1, 0.15) is 12.0 Å². The molecule has 2 rings (SSSR count). The molecule has 1 atom stereocenters. The standard InChI is InChI=1S/C14H14F2N2O2/c1-18-8-9(7-14(18)20)17-13(19)6-5-10-11(15)3-2-4-12(10)16/h2-6,9H,7-8H2,1H3,(H,17,19). The number of halogens is 2. The number of benzene rings is 1. The quantitative estimate of drug-likeness (QED) is 0.849. The first kappa shape index (κ1) is 14.2. The summed E-state index contributed by atoms with van der Waals surface area (Å²) in [6.07, 6.45) is 2.38. The zero-order chi connectivity index (χ0) is 14.7. The minimum absolute atomic E-state index is 0.0422. The van der Waals surface area contributed by atoms with Crippen molar-refractivity contribution in [3.63, 3.8) is 0 Å². The van der Waals surface area contributed by atoms with Gasteiger partial charge in [0.05, 0.1) is 6.04 Å². The van der Waals surface area contributed by atoms with Crippen molar-refractivity contribution in [2.75, 3.05) is 13.6 Å². The zero-order valence-electron chi connectivity index (χ0n) is 10.9. The van der Waals surface area contributed by atoms with E-state index in [-0.39, 0.29) is 23.9 Å². The van der Waals surface area contributed by atoms with Crippen molar-refractivity contribution >= 4 is 17.9 Å². The lowest BCUT2D eigenvalue weighted by Gasteiger charge is -2.10. The molecule has 1 N–H and O–H groups in total. The van der Waals surface area contributed by atoms with E-state index in [4.69, 9.17) is 0 Å². The Labute approximate surface area is 115 Å². The Morgan fingerprint density at radius 3 is 2.60 bits per heavy atom. The second kappa shape index (κ2) is 5.81. The fraction of sp³-hybridized carbons (Fsp3) is 0.286. The molecule has 6 heteroatoms. The van der Waals surface area contributed by atoms with Crippen LogP contribution in [0.4, 0.5) is 8.78 Å². The van der Waals surface area contributed by atoms with Crippen molar-refractivity contribution in [3.8, 4) is 0 Å². The average Bonchev–Trinajstić information content (AvgIpc) is 2.67. The van der Waals surface area contributed by atoms with E-state index in [0.717, 1.165) is 24.3 Å². The predicted molar refractivity (Wildman–Crippen MR) is 69.6 cm³/mol. The smallest absolute Gasteiger partial charge is 0.244 e. The molecule has 1 unspecified atom stereocenters. The van der Waals surface area contributed by atoms with Crippen LogP contribution in [0.2, 0.25) is 0 Å². The molecule has 2 amide bonds. The van der Waals surface area contributed by atoms with Crippen LogP contribution in [-0.4, -0.2) is 36.3 Å². The molecule has 1 aliphatic rings. The third kappa shape index (κ3) is 3.20. The second-order valence-corrected chi connectivity index (χ2v) is 4.65. The molecule has 1 aliphatic heterocycles. The first-order valence-corrected chi connectivity index (χ1v) is 6.14. The van der Waals surface area contributed by atoms with Gasteiger partial charge in [0.2, 0.25) is 11.8 Å². The third-order valence-electron chi connectivity index (χ3n) is 3.09. The maximum absolute atomic E-state index is 13.3. The number of carbonyl (C=O) groups excluding carboxylic acids is 2. The van der Waals surface area contributed by atoms with Gasteiger partial charge in [0.15, 0.2) is 0 Å². The van der Waals surface area contributed by atoms with Crippen LogP contribution in [0.15, 0.2) is 24.3 Å². The average molecular weight is 280 g/mol. The van der Waals surface area contributed by atoms with E-state index in [2.05, 4.69) is 5.32 Å². The van der Waals surface area contributed by atoms with Crippen LogP contribution in [-0.2, 0) is 9.59 Å². The van der Waals surface area contributed by atoms with Crippen molar-refractivity contribution in [3.05, 3.63) is 41.5 Å². The van der Waals surface area contributed by atoms with Gasteiger partial charge in [-0.1, -0.05) is 6.07 Å². The number of likely N-dealkylation sites (tertiary alicyclic amines) is 1. The van der Waals surface area contributed by atoms with E-state index in [1.807, 2.05) is 0 Å². The minimum Gasteiger partial charge on any atom is -0.348 e. The fourth-order valence-corrected chi connectivity index (χ4v) is 2.04. The Morgan fingerprint density at radius 1 is 1.40 bits per heavy atom. The molecule has 1 aromatic rings. The first-order chi connectivity index (χ1) is 9.47. The van der Waals surface area contributed by atoms with Crippen LogP contribution in [0.5, 0.6) is 0 Å². The molecule has 1 aromatic carbocycles. The summed E-state index contributed by atoms with van der Waals surface area (Å²) in [6, 6.07) is 3.22. The van der Waals surface area contributed by atoms with Gasteiger partial charge in [-0.05, 0) is 18.2 Å². The van der Waals surface area contributed by atoms with Crippen molar-refractivity contribution in [1.29, 1.82) is 0 Å². The van der Waals surface area contributed by atoms with Gasteiger partial charge < -0.3 is 10.2 Å². The molecule has 0 aliphatic carbocycles. The predicted octanol–water partition coefficient (Wildman–Crippen LogP) is 1.32. The van der Waals surface area contributed by atoms with Crippen molar-refractivity contribution in [1.82, 2.24) is 10.2 Å². The van der Waals surface area contributed by atoms with Gasteiger partial charge in [-0.2, -0.15) is 0 Å². The van der Waals surface area contributed by atoms with Gasteiger partial charge in [-0.25, -0.2) is 8.78 Å². The van der Waals surface area contributed by atoms with Gasteiger partial charge >= 0.3 is 0 Å². The minimum atomic E-state index is -0.732. The van der Waals surface area contributed by atoms with Crippen molar-refractivity contribution < 1.29 is 18.4 Å². The fourth-order valence-electron chi connectivity index (χ4n) is 2.04. The molecule has 106 valence electrons. The molecule has 4 nitrogen and oxygen atoms in total. The topological polar surface area (TPSA) is 49.4 Å². The summed E-state index contributed by atoms with van der Waals surface area (Å²) in [5.41, 5.74) is -0.262. The molecule has 0 spiro atoms. The van der Waals surface area contributed by atoms with Gasteiger partial charge in [-0.3, -0.25) is 9.59 Å². The molecular formula is C14H14F2N2O2. The molecule has 0 aromatic heterocycles. The lowest BCUT2D eigenvalue weighted by Crippen LogP contribution is -2.35. The Kier molecular flexibility index (Phi) is 4.12. The molecule has 1 heterocycles. The molecule has 20 heavy (non-hydrogen) atoms. The highest BCUT2D eigenvalue weighted by molar-refractivity contribution is 5.92. The third-order valence-corrected chi connectivity index (χ3v) is 3.09. The van der Waals surface area contributed by atoms with E-state index in [1.54, 1.807) is 7.05 Å². The van der Waals surface area contributed by atoms with Gasteiger partial charge in [0, 0.05) is 31.7 Å². The Hall–Kier alpha value is -2.24. The number of hydrogen-bond donors (Lipinski definition) is 1. The normalized spacial score (nSPS) is 18.9. The summed E-state index contributed by atoms with van der Waals surface area (Å²) < 4.78 is 26.7. The number of nitrogens with zero attached hydrogens (tertiary/aromatic N) is 1. The number of rotatable bonds is 3. The number of nitrogens with one attached hydrogen (secondary N) is 1. The van der Waals surface area contributed by atoms with E-state index < -0.39 is 17.5 Å². The van der Waals surface area contributed by atoms with Crippen LogP contribution in [0.25, 0.3) is 6.08 Å². The van der Waals surface area contributed by atoms with Gasteiger partial charge in [0.1, 0.15) is 11.6 Å². The molecule has 0 bridgehead atoms. The Bertz CT molecular complexity index is 552. The Morgan fingerprint density at radius 2 is 2.05 bits per heavy atom. The van der Waals surface area contributed by atoms with E-state index in [0.29, 0.717) is 6.54 Å². The first-order valence-electron chi connectivity index (χ1n) is 6.14. The summed E-state index contributed by atoms with van der Waals surface area (Å²) >= 11 is 0. The highest BCUT2D eigenvalue weighted by Gasteiger charge is 2.27. The van der Waals surface area contributed by atoms with E-state index in [1.165, 1.54) is 11.0 Å². The monoisotopic (exact) mass is 280 g/mol. The summed E-state index contributed by atoms with van der Waals surface area (Å²) in [6.45, 7) is 0.437. The van der Waals surface area contributed by atoms with Gasteiger partial charge in [-0.15, -0.1) is 0 Å². The largest absolute Gasteiger partial charge is 0.348 e. The van der Waals surface area contributed by atoms with Crippen molar-refractivity contribution in [2.24, 2.45) is 0 Å². The Balaban J connectivity index is 1.98. The number of hydrogen-bond acceptors (Lipinski definition) is 2. The molecular weight excluding hydrogens is 266 g/mol. The zero-order valence-corrected chi connectivity index (χ0v) is 10.9. The lowest BCUT2D eigenvalue weighted by molar-refractivity contribution is -0.126. The van der Waals surface area contributed by atoms with E-state index in [9.17, 15) is 18.4 Å². The van der Waals surface area contributed by atoms with Crippen LogP contribution in [0.3, 0.4) is 0 Å². The maximum Gasteiger partial charge on any atom is 0.244 e. The number of likely N-dealkylation sites (N-methyl/N-ethyl adjacent to an activating group) is 1. The molecule has 0 saturated carbocycles. The summed E-state index contributed by atoms with van der Waals surface area (Å²) in [7, 11) is 1.65. The van der Waals surface area contributed by atoms with Crippen molar-refractivity contribution in [2.45, 2.75) is 12.5 Å². The SMILES string of the molecule is CN1CC(NC(=O)C=Cc2c(F)cccc2F)CC1=O. The van der Waals surface area contributed by atoms with Crippen LogP contribution in [0, 0.1) is 11.6 Å². The summed E-state index contributed by atoms with van der Waals surface area (Å²) in [5, 5.41) is 2.62. The summed E-state index contributed by atoms with van der Waals surface area (Å²) in [4.78, 5) is 24.4. The summed E-state index contributed by atoms with van der Waals surface area (Å²) in [5.74, 6) is -1.99. The lowest BCUT2D eigenvalue weighted by atomic mass is 10.2. The highest BCUT2D eigenvalue weighted by Crippen LogP contribution is 2.13. The highest BCUT2D eigenvalue weighted by atomic mass is 19.1. The number of carbonyl (C=O) groups is 2. The van der Waals surface area contributed by atoms with E-state index >= 15 is 0 Å². The number of amides is 2. The molecule has 1 saturated heterocycles. The maximum atomic E-state index is 13.3. The van der Waals surface area contributed by atoms with Crippen LogP contribution < -0.4 is 5.32 Å². The molecule has 0 radical (unpaired) electrons. The molecule has 1 fully saturated rings. The van der Waals surface area contributed by atoms with Gasteiger partial charge in [0.25, 0.3) is 0 Å².